The number of amides is 2. The van der Waals surface area contributed by atoms with Crippen molar-refractivity contribution in [3.05, 3.63) is 17.5 Å². The lowest BCUT2D eigenvalue weighted by atomic mass is 9.88. The van der Waals surface area contributed by atoms with Gasteiger partial charge in [-0.2, -0.15) is 5.10 Å². The smallest absolute Gasteiger partial charge is 0.257 e. The molecule has 6 heteroatoms. The van der Waals surface area contributed by atoms with Crippen molar-refractivity contribution in [1.29, 1.82) is 0 Å². The van der Waals surface area contributed by atoms with Gasteiger partial charge in [0.05, 0.1) is 17.5 Å². The van der Waals surface area contributed by atoms with Crippen molar-refractivity contribution >= 4 is 11.8 Å². The van der Waals surface area contributed by atoms with E-state index in [1.165, 1.54) is 6.42 Å². The van der Waals surface area contributed by atoms with Crippen LogP contribution in [0.4, 0.5) is 0 Å². The van der Waals surface area contributed by atoms with Gasteiger partial charge in [-0.15, -0.1) is 0 Å². The Hall–Kier alpha value is -1.85. The van der Waals surface area contributed by atoms with Crippen LogP contribution in [0, 0.1) is 5.41 Å². The minimum absolute atomic E-state index is 0.0126. The van der Waals surface area contributed by atoms with Crippen LogP contribution in [0.25, 0.3) is 0 Å². The number of carbonyl (C=O) groups excluding carboxylic acids is 2. The van der Waals surface area contributed by atoms with E-state index in [0.29, 0.717) is 6.42 Å². The molecule has 2 fully saturated rings. The van der Waals surface area contributed by atoms with Crippen molar-refractivity contribution in [2.75, 3.05) is 13.1 Å². The van der Waals surface area contributed by atoms with E-state index in [0.717, 1.165) is 50.0 Å². The number of piperidine rings is 2. The molecule has 156 valence electrons. The van der Waals surface area contributed by atoms with Gasteiger partial charge in [-0.25, -0.2) is 0 Å². The third-order valence-corrected chi connectivity index (χ3v) is 6.26. The molecule has 2 unspecified atom stereocenters. The first kappa shape index (κ1) is 20.9. The number of nitrogens with zero attached hydrogens (tertiary/aromatic N) is 3. The zero-order valence-electron chi connectivity index (χ0n) is 18.1. The fourth-order valence-electron chi connectivity index (χ4n) is 4.72. The van der Waals surface area contributed by atoms with Crippen LogP contribution in [-0.2, 0) is 4.79 Å². The van der Waals surface area contributed by atoms with E-state index in [1.807, 2.05) is 9.80 Å². The molecule has 2 amide bonds. The number of aromatic nitrogens is 2. The maximum Gasteiger partial charge on any atom is 0.257 e. The summed E-state index contributed by atoms with van der Waals surface area (Å²) in [6, 6.07) is 0.548. The van der Waals surface area contributed by atoms with Crippen molar-refractivity contribution in [1.82, 2.24) is 20.0 Å². The maximum atomic E-state index is 13.3. The summed E-state index contributed by atoms with van der Waals surface area (Å²) >= 11 is 0. The van der Waals surface area contributed by atoms with Gasteiger partial charge in [0.2, 0.25) is 5.91 Å². The highest BCUT2D eigenvalue weighted by molar-refractivity contribution is 5.95. The summed E-state index contributed by atoms with van der Waals surface area (Å²) in [6.45, 7) is 12.1. The lowest BCUT2D eigenvalue weighted by Crippen LogP contribution is -2.47. The Bertz CT molecular complexity index is 688. The number of rotatable bonds is 3. The highest BCUT2D eigenvalue weighted by Crippen LogP contribution is 2.32. The van der Waals surface area contributed by atoms with Crippen LogP contribution >= 0.6 is 0 Å². The van der Waals surface area contributed by atoms with E-state index in [9.17, 15) is 9.59 Å². The summed E-state index contributed by atoms with van der Waals surface area (Å²) < 4.78 is 0. The van der Waals surface area contributed by atoms with Crippen LogP contribution in [0.15, 0.2) is 6.20 Å². The molecule has 2 aliphatic heterocycles. The zero-order chi connectivity index (χ0) is 20.5. The van der Waals surface area contributed by atoms with Gasteiger partial charge in [-0.05, 0) is 51.4 Å². The molecule has 0 bridgehead atoms. The van der Waals surface area contributed by atoms with E-state index in [1.54, 1.807) is 6.20 Å². The average molecular weight is 389 g/mol. The lowest BCUT2D eigenvalue weighted by Gasteiger charge is -2.39. The van der Waals surface area contributed by atoms with Gasteiger partial charge in [-0.1, -0.05) is 20.8 Å². The van der Waals surface area contributed by atoms with Crippen molar-refractivity contribution in [2.24, 2.45) is 5.41 Å². The molecule has 2 aliphatic rings. The number of likely N-dealkylation sites (tertiary alicyclic amines) is 2. The number of hydrogen-bond donors (Lipinski definition) is 1. The largest absolute Gasteiger partial charge is 0.343 e. The molecule has 1 aromatic rings. The predicted molar refractivity (Wildman–Crippen MR) is 110 cm³/mol. The summed E-state index contributed by atoms with van der Waals surface area (Å²) in [5, 5.41) is 7.32. The molecule has 3 heterocycles. The predicted octanol–water partition coefficient (Wildman–Crippen LogP) is 3.96. The normalized spacial score (nSPS) is 24.5. The van der Waals surface area contributed by atoms with Crippen molar-refractivity contribution in [2.45, 2.75) is 91.1 Å². The Labute approximate surface area is 169 Å². The van der Waals surface area contributed by atoms with Gasteiger partial charge >= 0.3 is 0 Å². The summed E-state index contributed by atoms with van der Waals surface area (Å²) in [7, 11) is 0. The molecule has 0 spiro atoms. The SMILES string of the molecule is CC1CCCC(C)N1C(=O)c1cn[nH]c1C1CCN(C(=O)CC(C)(C)C)CC1. The van der Waals surface area contributed by atoms with Crippen LogP contribution in [-0.4, -0.2) is 57.0 Å². The first-order chi connectivity index (χ1) is 13.2. The first-order valence-electron chi connectivity index (χ1n) is 10.8. The summed E-state index contributed by atoms with van der Waals surface area (Å²) in [6.07, 6.45) is 7.35. The van der Waals surface area contributed by atoms with Crippen LogP contribution in [0.3, 0.4) is 0 Å². The zero-order valence-corrected chi connectivity index (χ0v) is 18.1. The lowest BCUT2D eigenvalue weighted by molar-refractivity contribution is -0.134. The van der Waals surface area contributed by atoms with Gasteiger partial charge in [0.15, 0.2) is 0 Å². The molecule has 28 heavy (non-hydrogen) atoms. The van der Waals surface area contributed by atoms with Crippen LogP contribution in [0.5, 0.6) is 0 Å². The van der Waals surface area contributed by atoms with Gasteiger partial charge in [0.25, 0.3) is 5.91 Å². The number of H-pyrrole nitrogens is 1. The summed E-state index contributed by atoms with van der Waals surface area (Å²) in [5.74, 6) is 0.605. The third kappa shape index (κ3) is 4.58. The van der Waals surface area contributed by atoms with E-state index in [4.69, 9.17) is 0 Å². The first-order valence-corrected chi connectivity index (χ1v) is 10.8. The molecule has 6 nitrogen and oxygen atoms in total. The fourth-order valence-corrected chi connectivity index (χ4v) is 4.72. The molecule has 2 saturated heterocycles. The Kier molecular flexibility index (Phi) is 6.15. The standard InChI is InChI=1S/C22H36N4O2/c1-15-7-6-8-16(2)26(15)21(28)18-14-23-24-20(18)17-9-11-25(12-10-17)19(27)13-22(3,4)5/h14-17H,6-13H2,1-5H3,(H,23,24). The van der Waals surface area contributed by atoms with E-state index in [-0.39, 0.29) is 35.2 Å². The van der Waals surface area contributed by atoms with Crippen molar-refractivity contribution in [3.8, 4) is 0 Å². The average Bonchev–Trinajstić information content (AvgIpc) is 3.10. The van der Waals surface area contributed by atoms with E-state index >= 15 is 0 Å². The maximum absolute atomic E-state index is 13.3. The molecule has 0 saturated carbocycles. The van der Waals surface area contributed by atoms with Gasteiger partial charge in [-0.3, -0.25) is 14.7 Å². The van der Waals surface area contributed by atoms with Crippen molar-refractivity contribution in [3.63, 3.8) is 0 Å². The second kappa shape index (κ2) is 8.26. The number of carbonyl (C=O) groups is 2. The highest BCUT2D eigenvalue weighted by Gasteiger charge is 2.34. The highest BCUT2D eigenvalue weighted by atomic mass is 16.2. The summed E-state index contributed by atoms with van der Waals surface area (Å²) in [4.78, 5) is 29.8. The van der Waals surface area contributed by atoms with Gasteiger partial charge < -0.3 is 9.80 Å². The quantitative estimate of drug-likeness (QED) is 0.852. The van der Waals surface area contributed by atoms with Crippen LogP contribution in [0.2, 0.25) is 0 Å². The second-order valence-electron chi connectivity index (χ2n) is 9.93. The molecule has 0 aromatic carbocycles. The number of hydrogen-bond acceptors (Lipinski definition) is 3. The fraction of sp³-hybridized carbons (Fsp3) is 0.773. The Morgan fingerprint density at radius 2 is 1.71 bits per heavy atom. The minimum atomic E-state index is 0.0126. The Balaban J connectivity index is 1.66. The molecule has 1 N–H and O–H groups in total. The number of aromatic amines is 1. The topological polar surface area (TPSA) is 69.3 Å². The van der Waals surface area contributed by atoms with Crippen LogP contribution in [0.1, 0.15) is 95.1 Å². The minimum Gasteiger partial charge on any atom is -0.343 e. The molecule has 3 rings (SSSR count). The third-order valence-electron chi connectivity index (χ3n) is 6.26. The molecular formula is C22H36N4O2. The Morgan fingerprint density at radius 3 is 2.29 bits per heavy atom. The van der Waals surface area contributed by atoms with Crippen LogP contribution < -0.4 is 0 Å². The summed E-state index contributed by atoms with van der Waals surface area (Å²) in [5.41, 5.74) is 1.69. The number of nitrogens with one attached hydrogen (secondary N) is 1. The van der Waals surface area contributed by atoms with E-state index < -0.39 is 0 Å². The molecule has 1 aromatic heterocycles. The molecule has 0 radical (unpaired) electrons. The van der Waals surface area contributed by atoms with Gasteiger partial charge in [0.1, 0.15) is 0 Å². The molecule has 2 atom stereocenters. The Morgan fingerprint density at radius 1 is 1.11 bits per heavy atom. The van der Waals surface area contributed by atoms with Gasteiger partial charge in [0, 0.05) is 37.5 Å². The van der Waals surface area contributed by atoms with E-state index in [2.05, 4.69) is 44.8 Å². The second-order valence-corrected chi connectivity index (χ2v) is 9.93. The molecule has 0 aliphatic carbocycles. The van der Waals surface area contributed by atoms with Crippen molar-refractivity contribution < 1.29 is 9.59 Å². The molecular weight excluding hydrogens is 352 g/mol. The monoisotopic (exact) mass is 388 g/mol.